The third kappa shape index (κ3) is 9.26. The molecule has 0 unspecified atom stereocenters. The molecule has 0 spiro atoms. The molecule has 14 heavy (non-hydrogen) atoms. The van der Waals surface area contributed by atoms with E-state index in [9.17, 15) is 4.79 Å². The Morgan fingerprint density at radius 3 is 2.86 bits per heavy atom. The summed E-state index contributed by atoms with van der Waals surface area (Å²) >= 11 is 0. The Bertz CT molecular complexity index is 167. The van der Waals surface area contributed by atoms with Crippen molar-refractivity contribution in [3.05, 3.63) is 12.2 Å². The van der Waals surface area contributed by atoms with Gasteiger partial charge >= 0.3 is 5.97 Å². The largest absolute Gasteiger partial charge is 0.469 e. The molecule has 0 heterocycles. The molecule has 0 aliphatic carbocycles. The first-order chi connectivity index (χ1) is 6.81. The lowest BCUT2D eigenvalue weighted by Crippen LogP contribution is -2.18. The predicted molar refractivity (Wildman–Crippen MR) is 58.2 cm³/mol. The van der Waals surface area contributed by atoms with Crippen LogP contribution in [0, 0.1) is 0 Å². The van der Waals surface area contributed by atoms with Crippen molar-refractivity contribution in [2.24, 2.45) is 0 Å². The van der Waals surface area contributed by atoms with Gasteiger partial charge in [-0.25, -0.2) is 0 Å². The molecule has 0 bridgehead atoms. The maximum Gasteiger partial charge on any atom is 0.306 e. The third-order valence-corrected chi connectivity index (χ3v) is 1.89. The summed E-state index contributed by atoms with van der Waals surface area (Å²) in [4.78, 5) is 10.7. The summed E-state index contributed by atoms with van der Waals surface area (Å²) in [5.41, 5.74) is 0. The summed E-state index contributed by atoms with van der Waals surface area (Å²) in [6.07, 6.45) is 8.36. The first-order valence-electron chi connectivity index (χ1n) is 5.23. The second kappa shape index (κ2) is 10.3. The van der Waals surface area contributed by atoms with E-state index in [4.69, 9.17) is 0 Å². The highest BCUT2D eigenvalue weighted by molar-refractivity contribution is 5.69. The van der Waals surface area contributed by atoms with Gasteiger partial charge in [-0.2, -0.15) is 0 Å². The van der Waals surface area contributed by atoms with Gasteiger partial charge in [-0.05, 0) is 6.42 Å². The van der Waals surface area contributed by atoms with Gasteiger partial charge in [-0.15, -0.1) is 0 Å². The van der Waals surface area contributed by atoms with Crippen LogP contribution in [0.4, 0.5) is 0 Å². The van der Waals surface area contributed by atoms with Gasteiger partial charge in [0.05, 0.1) is 13.5 Å². The van der Waals surface area contributed by atoms with E-state index >= 15 is 0 Å². The number of allylic oxidation sites excluding steroid dienone is 1. The van der Waals surface area contributed by atoms with E-state index in [1.54, 1.807) is 0 Å². The zero-order valence-corrected chi connectivity index (χ0v) is 9.21. The van der Waals surface area contributed by atoms with Gasteiger partial charge in [0.15, 0.2) is 0 Å². The van der Waals surface area contributed by atoms with E-state index < -0.39 is 0 Å². The summed E-state index contributed by atoms with van der Waals surface area (Å²) < 4.78 is 4.51. The number of hydrogen-bond acceptors (Lipinski definition) is 3. The van der Waals surface area contributed by atoms with Crippen LogP contribution >= 0.6 is 0 Å². The lowest BCUT2D eigenvalue weighted by molar-refractivity contribution is -0.140. The summed E-state index contributed by atoms with van der Waals surface area (Å²) in [5.74, 6) is -0.160. The van der Waals surface area contributed by atoms with E-state index in [0.717, 1.165) is 13.0 Å². The van der Waals surface area contributed by atoms with Crippen LogP contribution in [0.3, 0.4) is 0 Å². The second-order valence-electron chi connectivity index (χ2n) is 3.14. The molecule has 0 saturated heterocycles. The molecular weight excluding hydrogens is 178 g/mol. The van der Waals surface area contributed by atoms with Crippen LogP contribution in [0.2, 0.25) is 0 Å². The lowest BCUT2D eigenvalue weighted by Gasteiger charge is -1.99. The van der Waals surface area contributed by atoms with Gasteiger partial charge in [0.25, 0.3) is 0 Å². The van der Waals surface area contributed by atoms with E-state index in [2.05, 4.69) is 29.1 Å². The van der Waals surface area contributed by atoms with Crippen LogP contribution in [-0.4, -0.2) is 26.2 Å². The Hall–Kier alpha value is -0.830. The molecule has 0 aromatic carbocycles. The van der Waals surface area contributed by atoms with Crippen molar-refractivity contribution in [2.45, 2.75) is 32.6 Å². The summed E-state index contributed by atoms with van der Waals surface area (Å²) in [6, 6.07) is 0. The van der Waals surface area contributed by atoms with Crippen LogP contribution in [0.15, 0.2) is 12.2 Å². The van der Waals surface area contributed by atoms with Gasteiger partial charge in [0, 0.05) is 13.1 Å². The molecule has 0 aliphatic heterocycles. The van der Waals surface area contributed by atoms with Crippen molar-refractivity contribution in [3.8, 4) is 0 Å². The van der Waals surface area contributed by atoms with E-state index in [-0.39, 0.29) is 5.97 Å². The Kier molecular flexibility index (Phi) is 9.64. The van der Waals surface area contributed by atoms with Crippen LogP contribution in [-0.2, 0) is 9.53 Å². The number of ether oxygens (including phenoxy) is 1. The van der Waals surface area contributed by atoms with Crippen molar-refractivity contribution in [1.29, 1.82) is 0 Å². The second-order valence-corrected chi connectivity index (χ2v) is 3.14. The van der Waals surface area contributed by atoms with Gasteiger partial charge in [0.1, 0.15) is 0 Å². The fraction of sp³-hybridized carbons (Fsp3) is 0.727. The first-order valence-corrected chi connectivity index (χ1v) is 5.23. The quantitative estimate of drug-likeness (QED) is 0.368. The van der Waals surface area contributed by atoms with Crippen molar-refractivity contribution in [3.63, 3.8) is 0 Å². The minimum absolute atomic E-state index is 0.160. The number of esters is 1. The van der Waals surface area contributed by atoms with E-state index in [1.807, 2.05) is 0 Å². The Labute approximate surface area is 86.5 Å². The molecule has 82 valence electrons. The topological polar surface area (TPSA) is 38.3 Å². The number of nitrogens with one attached hydrogen (secondary N) is 1. The number of carbonyl (C=O) groups excluding carboxylic acids is 1. The smallest absolute Gasteiger partial charge is 0.306 e. The number of methoxy groups -OCH3 is 1. The molecule has 0 fully saturated rings. The maximum absolute atomic E-state index is 10.7. The van der Waals surface area contributed by atoms with E-state index in [1.165, 1.54) is 20.0 Å². The zero-order valence-electron chi connectivity index (χ0n) is 9.21. The number of rotatable bonds is 8. The van der Waals surface area contributed by atoms with Crippen LogP contribution < -0.4 is 5.32 Å². The van der Waals surface area contributed by atoms with Crippen LogP contribution in [0.1, 0.15) is 32.6 Å². The molecule has 3 heteroatoms. The lowest BCUT2D eigenvalue weighted by atomic mass is 10.2. The molecule has 1 N–H and O–H groups in total. The first kappa shape index (κ1) is 13.2. The monoisotopic (exact) mass is 199 g/mol. The average molecular weight is 199 g/mol. The molecule has 0 amide bonds. The predicted octanol–water partition coefficient (Wildman–Crippen LogP) is 1.89. The summed E-state index contributed by atoms with van der Waals surface area (Å²) in [6.45, 7) is 3.70. The van der Waals surface area contributed by atoms with Crippen molar-refractivity contribution < 1.29 is 9.53 Å². The molecule has 0 aromatic rings. The minimum atomic E-state index is -0.160. The highest BCUT2D eigenvalue weighted by Crippen LogP contribution is 1.93. The van der Waals surface area contributed by atoms with E-state index in [0.29, 0.717) is 13.0 Å². The van der Waals surface area contributed by atoms with Crippen LogP contribution in [0.25, 0.3) is 0 Å². The minimum Gasteiger partial charge on any atom is -0.469 e. The maximum atomic E-state index is 10.7. The molecule has 0 rings (SSSR count). The fourth-order valence-electron chi connectivity index (χ4n) is 1.00. The highest BCUT2D eigenvalue weighted by Gasteiger charge is 1.96. The Morgan fingerprint density at radius 1 is 1.43 bits per heavy atom. The summed E-state index contributed by atoms with van der Waals surface area (Å²) in [5, 5.41) is 3.14. The number of hydrogen-bond donors (Lipinski definition) is 1. The Balaban J connectivity index is 3.12. The Morgan fingerprint density at radius 2 is 2.21 bits per heavy atom. The molecule has 0 saturated carbocycles. The third-order valence-electron chi connectivity index (χ3n) is 1.89. The number of carbonyl (C=O) groups is 1. The average Bonchev–Trinajstić information content (AvgIpc) is 2.21. The molecule has 0 atom stereocenters. The van der Waals surface area contributed by atoms with Crippen molar-refractivity contribution in [2.75, 3.05) is 20.2 Å². The molecule has 3 nitrogen and oxygen atoms in total. The van der Waals surface area contributed by atoms with Gasteiger partial charge in [-0.1, -0.05) is 31.9 Å². The standard InChI is InChI=1S/C11H21NO2/c1-3-4-5-6-7-9-12-10-8-11(13)14-2/h6-7,12H,3-5,8-10H2,1-2H3. The van der Waals surface area contributed by atoms with Crippen molar-refractivity contribution >= 4 is 5.97 Å². The van der Waals surface area contributed by atoms with Gasteiger partial charge < -0.3 is 10.1 Å². The van der Waals surface area contributed by atoms with Crippen LogP contribution in [0.5, 0.6) is 0 Å². The molecule has 0 radical (unpaired) electrons. The summed E-state index contributed by atoms with van der Waals surface area (Å²) in [7, 11) is 1.41. The highest BCUT2D eigenvalue weighted by atomic mass is 16.5. The van der Waals surface area contributed by atoms with Crippen molar-refractivity contribution in [1.82, 2.24) is 5.32 Å². The van der Waals surface area contributed by atoms with Gasteiger partial charge in [-0.3, -0.25) is 4.79 Å². The fourth-order valence-corrected chi connectivity index (χ4v) is 1.00. The SMILES string of the molecule is CCCCC=CCNCCC(=O)OC. The zero-order chi connectivity index (χ0) is 10.6. The number of unbranched alkanes of at least 4 members (excludes halogenated alkanes) is 2. The molecule has 0 aromatic heterocycles. The molecule has 0 aliphatic rings. The van der Waals surface area contributed by atoms with Gasteiger partial charge in [0.2, 0.25) is 0 Å². The molecular formula is C11H21NO2. The normalized spacial score (nSPS) is 10.7.